The largest absolute Gasteiger partial charge is 0.481 e. The molecule has 154 valence electrons. The lowest BCUT2D eigenvalue weighted by atomic mass is 9.91. The Balaban J connectivity index is 4.71. The van der Waals surface area contributed by atoms with Crippen LogP contribution in [0.25, 0.3) is 0 Å². The number of esters is 3. The molecule has 0 aliphatic heterocycles. The first-order valence-electron chi connectivity index (χ1n) is 8.43. The van der Waals surface area contributed by atoms with Gasteiger partial charge in [0.25, 0.3) is 0 Å². The van der Waals surface area contributed by atoms with Crippen LogP contribution >= 0.6 is 0 Å². The molecule has 2 N–H and O–H groups in total. The summed E-state index contributed by atoms with van der Waals surface area (Å²) in [5, 5.41) is 17.1. The van der Waals surface area contributed by atoms with Gasteiger partial charge in [-0.25, -0.2) is 0 Å². The van der Waals surface area contributed by atoms with E-state index in [4.69, 9.17) is 24.4 Å². The van der Waals surface area contributed by atoms with Gasteiger partial charge in [0.05, 0.1) is 31.1 Å². The van der Waals surface area contributed by atoms with Crippen molar-refractivity contribution in [2.45, 2.75) is 59.0 Å². The molecule has 0 aliphatic carbocycles. The van der Waals surface area contributed by atoms with Crippen LogP contribution in [0.3, 0.4) is 0 Å². The maximum absolute atomic E-state index is 12.0. The summed E-state index contributed by atoms with van der Waals surface area (Å²) in [6, 6.07) is 0. The lowest BCUT2D eigenvalue weighted by molar-refractivity contribution is -0.171. The molecule has 0 aromatic carbocycles. The van der Waals surface area contributed by atoms with Crippen molar-refractivity contribution >= 4 is 29.8 Å². The fourth-order valence-electron chi connectivity index (χ4n) is 1.55. The number of carboxylic acid groups (broad SMARTS) is 2. The first-order valence-corrected chi connectivity index (χ1v) is 8.43. The van der Waals surface area contributed by atoms with E-state index in [9.17, 15) is 24.0 Å². The number of hydrogen-bond acceptors (Lipinski definition) is 8. The Morgan fingerprint density at radius 3 is 1.78 bits per heavy atom. The van der Waals surface area contributed by atoms with Crippen molar-refractivity contribution in [3.8, 4) is 0 Å². The first-order chi connectivity index (χ1) is 12.5. The number of carbonyl (C=O) groups is 5. The highest BCUT2D eigenvalue weighted by Gasteiger charge is 2.29. The minimum Gasteiger partial charge on any atom is -0.481 e. The van der Waals surface area contributed by atoms with Crippen molar-refractivity contribution < 1.29 is 48.4 Å². The van der Waals surface area contributed by atoms with E-state index in [0.717, 1.165) is 0 Å². The van der Waals surface area contributed by atoms with Gasteiger partial charge in [0, 0.05) is 0 Å². The zero-order valence-electron chi connectivity index (χ0n) is 15.7. The van der Waals surface area contributed by atoms with E-state index in [0.29, 0.717) is 6.42 Å². The molecule has 10 nitrogen and oxygen atoms in total. The van der Waals surface area contributed by atoms with E-state index >= 15 is 0 Å². The topological polar surface area (TPSA) is 154 Å². The highest BCUT2D eigenvalue weighted by Crippen LogP contribution is 2.21. The third-order valence-electron chi connectivity index (χ3n) is 3.65. The van der Waals surface area contributed by atoms with Crippen LogP contribution in [0.2, 0.25) is 0 Å². The van der Waals surface area contributed by atoms with E-state index in [1.807, 2.05) is 0 Å². The molecular formula is C17H26O10. The lowest BCUT2D eigenvalue weighted by Gasteiger charge is -2.23. The van der Waals surface area contributed by atoms with Crippen molar-refractivity contribution in [2.75, 3.05) is 13.2 Å². The van der Waals surface area contributed by atoms with Crippen LogP contribution in [-0.2, 0) is 38.2 Å². The standard InChI is InChI=1S/C17H26O10/c1-4-17(2,3)16(24)26-10-11(27-15(23)8-6-13(20)21)9-25-14(22)7-5-12(18)19/h11H,4-10H2,1-3H3,(H,18,19)(H,20,21). The molecule has 0 saturated carbocycles. The Morgan fingerprint density at radius 2 is 1.30 bits per heavy atom. The number of carbonyl (C=O) groups excluding carboxylic acids is 3. The van der Waals surface area contributed by atoms with Crippen molar-refractivity contribution in [1.29, 1.82) is 0 Å². The monoisotopic (exact) mass is 390 g/mol. The molecule has 1 atom stereocenters. The van der Waals surface area contributed by atoms with E-state index < -0.39 is 67.2 Å². The van der Waals surface area contributed by atoms with Crippen molar-refractivity contribution in [3.05, 3.63) is 0 Å². The Kier molecular flexibility index (Phi) is 10.7. The van der Waals surface area contributed by atoms with Crippen molar-refractivity contribution in [2.24, 2.45) is 5.41 Å². The van der Waals surface area contributed by atoms with E-state index in [2.05, 4.69) is 0 Å². The number of aliphatic carboxylic acids is 2. The molecule has 0 aromatic heterocycles. The van der Waals surface area contributed by atoms with E-state index in [1.165, 1.54) is 0 Å². The molecule has 0 rings (SSSR count). The molecule has 1 unspecified atom stereocenters. The zero-order valence-corrected chi connectivity index (χ0v) is 15.7. The van der Waals surface area contributed by atoms with E-state index in [-0.39, 0.29) is 13.0 Å². The summed E-state index contributed by atoms with van der Waals surface area (Å²) < 4.78 is 14.9. The Bertz CT molecular complexity index is 552. The number of carboxylic acids is 2. The van der Waals surface area contributed by atoms with Gasteiger partial charge in [-0.3, -0.25) is 24.0 Å². The van der Waals surface area contributed by atoms with Crippen LogP contribution in [0, 0.1) is 5.41 Å². The van der Waals surface area contributed by atoms with Crippen LogP contribution in [0.5, 0.6) is 0 Å². The third kappa shape index (κ3) is 11.6. The fourth-order valence-corrected chi connectivity index (χ4v) is 1.55. The second kappa shape index (κ2) is 11.9. The predicted octanol–water partition coefficient (Wildman–Crippen LogP) is 1.15. The minimum absolute atomic E-state index is 0.363. The molecule has 0 aromatic rings. The highest BCUT2D eigenvalue weighted by atomic mass is 16.6. The third-order valence-corrected chi connectivity index (χ3v) is 3.65. The molecule has 0 aliphatic rings. The number of hydrogen-bond donors (Lipinski definition) is 2. The van der Waals surface area contributed by atoms with Gasteiger partial charge in [-0.05, 0) is 20.3 Å². The maximum atomic E-state index is 12.0. The highest BCUT2D eigenvalue weighted by molar-refractivity contribution is 5.78. The van der Waals surface area contributed by atoms with Gasteiger partial charge in [0.1, 0.15) is 13.2 Å². The summed E-state index contributed by atoms with van der Waals surface area (Å²) in [6.07, 6.45) is -2.23. The van der Waals surface area contributed by atoms with Crippen LogP contribution in [0.1, 0.15) is 52.9 Å². The van der Waals surface area contributed by atoms with Gasteiger partial charge in [-0.1, -0.05) is 6.92 Å². The summed E-state index contributed by atoms with van der Waals surface area (Å²) in [6.45, 7) is 4.32. The Hall–Kier alpha value is -2.65. The van der Waals surface area contributed by atoms with Crippen LogP contribution in [0.4, 0.5) is 0 Å². The molecule has 0 fully saturated rings. The summed E-state index contributed by atoms with van der Waals surface area (Å²) in [5.74, 6) is -4.55. The smallest absolute Gasteiger partial charge is 0.311 e. The molecule has 0 amide bonds. The molecule has 0 spiro atoms. The summed E-state index contributed by atoms with van der Waals surface area (Å²) in [5.41, 5.74) is -0.754. The molecular weight excluding hydrogens is 364 g/mol. The molecule has 10 heteroatoms. The van der Waals surface area contributed by atoms with Crippen LogP contribution in [-0.4, -0.2) is 59.4 Å². The number of ether oxygens (including phenoxy) is 3. The average Bonchev–Trinajstić information content (AvgIpc) is 2.59. The molecule has 0 bridgehead atoms. The summed E-state index contributed by atoms with van der Waals surface area (Å²) >= 11 is 0. The van der Waals surface area contributed by atoms with Crippen LogP contribution in [0.15, 0.2) is 0 Å². The second-order valence-electron chi connectivity index (χ2n) is 6.42. The average molecular weight is 390 g/mol. The molecule has 0 saturated heterocycles. The lowest BCUT2D eigenvalue weighted by Crippen LogP contribution is -2.34. The number of rotatable bonds is 13. The van der Waals surface area contributed by atoms with Gasteiger partial charge in [0.2, 0.25) is 0 Å². The summed E-state index contributed by atoms with van der Waals surface area (Å²) in [7, 11) is 0. The first kappa shape index (κ1) is 24.4. The Labute approximate surface area is 156 Å². The van der Waals surface area contributed by atoms with Gasteiger partial charge in [-0.2, -0.15) is 0 Å². The van der Waals surface area contributed by atoms with Gasteiger partial charge in [-0.15, -0.1) is 0 Å². The normalized spacial score (nSPS) is 12.0. The minimum atomic E-state index is -1.18. The molecule has 0 heterocycles. The predicted molar refractivity (Wildman–Crippen MR) is 89.6 cm³/mol. The maximum Gasteiger partial charge on any atom is 0.311 e. The van der Waals surface area contributed by atoms with Crippen LogP contribution < -0.4 is 0 Å². The molecule has 0 radical (unpaired) electrons. The fraction of sp³-hybridized carbons (Fsp3) is 0.706. The zero-order chi connectivity index (χ0) is 21.0. The van der Waals surface area contributed by atoms with E-state index in [1.54, 1.807) is 20.8 Å². The van der Waals surface area contributed by atoms with Gasteiger partial charge >= 0.3 is 29.8 Å². The van der Waals surface area contributed by atoms with Gasteiger partial charge < -0.3 is 24.4 Å². The molecule has 27 heavy (non-hydrogen) atoms. The van der Waals surface area contributed by atoms with Crippen molar-refractivity contribution in [1.82, 2.24) is 0 Å². The Morgan fingerprint density at radius 1 is 0.815 bits per heavy atom. The van der Waals surface area contributed by atoms with Gasteiger partial charge in [0.15, 0.2) is 6.10 Å². The summed E-state index contributed by atoms with van der Waals surface area (Å²) in [4.78, 5) is 56.1. The second-order valence-corrected chi connectivity index (χ2v) is 6.42. The van der Waals surface area contributed by atoms with Crippen molar-refractivity contribution in [3.63, 3.8) is 0 Å². The quantitative estimate of drug-likeness (QED) is 0.346. The SMILES string of the molecule is CCC(C)(C)C(=O)OCC(COC(=O)CCC(=O)O)OC(=O)CCC(=O)O.